The summed E-state index contributed by atoms with van der Waals surface area (Å²) < 4.78 is 7.51. The summed E-state index contributed by atoms with van der Waals surface area (Å²) in [5, 5.41) is 4.38. The molecule has 2 aromatic carbocycles. The maximum absolute atomic E-state index is 13.6. The van der Waals surface area contributed by atoms with Gasteiger partial charge in [0.05, 0.1) is 7.11 Å². The maximum atomic E-state index is 13.6. The van der Waals surface area contributed by atoms with Crippen molar-refractivity contribution in [3.05, 3.63) is 77.1 Å². The first-order valence-corrected chi connectivity index (χ1v) is 12.2. The summed E-state index contributed by atoms with van der Waals surface area (Å²) in [6.07, 6.45) is 5.14. The first-order chi connectivity index (χ1) is 16.9. The minimum absolute atomic E-state index is 0.0862. The molecule has 0 aliphatic carbocycles. The fourth-order valence-electron chi connectivity index (χ4n) is 5.57. The van der Waals surface area contributed by atoms with E-state index in [1.54, 1.807) is 31.0 Å². The molecule has 0 saturated carbocycles. The molecule has 0 unspecified atom stereocenters. The average Bonchev–Trinajstić information content (AvgIpc) is 3.44. The van der Waals surface area contributed by atoms with E-state index in [1.807, 2.05) is 22.9 Å². The number of amides is 2. The summed E-state index contributed by atoms with van der Waals surface area (Å²) in [7, 11) is 3.53. The minimum Gasteiger partial charge on any atom is -0.496 e. The molecule has 0 bridgehead atoms. The van der Waals surface area contributed by atoms with Crippen molar-refractivity contribution < 1.29 is 14.3 Å². The van der Waals surface area contributed by atoms with Crippen molar-refractivity contribution in [3.8, 4) is 5.75 Å². The Morgan fingerprint density at radius 1 is 1.06 bits per heavy atom. The summed E-state index contributed by atoms with van der Waals surface area (Å²) in [6.45, 7) is 3.60. The quantitative estimate of drug-likeness (QED) is 0.567. The number of rotatable bonds is 5. The van der Waals surface area contributed by atoms with Crippen LogP contribution in [-0.2, 0) is 30.1 Å². The third-order valence-electron chi connectivity index (χ3n) is 7.59. The van der Waals surface area contributed by atoms with Gasteiger partial charge < -0.3 is 14.5 Å². The van der Waals surface area contributed by atoms with Crippen molar-refractivity contribution in [1.82, 2.24) is 14.7 Å². The van der Waals surface area contributed by atoms with Gasteiger partial charge in [-0.3, -0.25) is 14.3 Å². The Kier molecular flexibility index (Phi) is 6.09. The third-order valence-corrected chi connectivity index (χ3v) is 7.59. The second-order valence-electron chi connectivity index (χ2n) is 9.72. The molecule has 0 radical (unpaired) electrons. The number of carbonyl (C=O) groups is 2. The van der Waals surface area contributed by atoms with E-state index in [-0.39, 0.29) is 17.2 Å². The highest BCUT2D eigenvalue weighted by molar-refractivity contribution is 6.06. The average molecular weight is 473 g/mol. The second-order valence-corrected chi connectivity index (χ2v) is 9.72. The lowest BCUT2D eigenvalue weighted by atomic mass is 9.74. The Morgan fingerprint density at radius 2 is 1.80 bits per heavy atom. The molecule has 1 aromatic heterocycles. The molecule has 2 aliphatic heterocycles. The van der Waals surface area contributed by atoms with E-state index < -0.39 is 0 Å². The molecule has 3 heterocycles. The SMILES string of the molecule is COc1cc2c(cc1CCc1ccccc1)N(C(=O)c1ccn(C)n1)CC21CCN(C(C)=O)CC1. The molecule has 0 N–H and O–H groups in total. The molecule has 7 nitrogen and oxygen atoms in total. The largest absolute Gasteiger partial charge is 0.496 e. The van der Waals surface area contributed by atoms with Crippen molar-refractivity contribution in [1.29, 1.82) is 0 Å². The third kappa shape index (κ3) is 4.31. The molecule has 5 rings (SSSR count). The summed E-state index contributed by atoms with van der Waals surface area (Å²) in [4.78, 5) is 29.4. The number of anilines is 1. The first-order valence-electron chi connectivity index (χ1n) is 12.2. The smallest absolute Gasteiger partial charge is 0.278 e. The van der Waals surface area contributed by atoms with Crippen molar-refractivity contribution in [3.63, 3.8) is 0 Å². The van der Waals surface area contributed by atoms with Crippen LogP contribution in [0.4, 0.5) is 5.69 Å². The van der Waals surface area contributed by atoms with Crippen LogP contribution in [0.1, 0.15) is 46.9 Å². The Morgan fingerprint density at radius 3 is 2.43 bits per heavy atom. The van der Waals surface area contributed by atoms with Gasteiger partial charge in [-0.15, -0.1) is 0 Å². The van der Waals surface area contributed by atoms with Crippen LogP contribution in [0.3, 0.4) is 0 Å². The van der Waals surface area contributed by atoms with E-state index in [1.165, 1.54) is 5.56 Å². The lowest BCUT2D eigenvalue weighted by molar-refractivity contribution is -0.130. The summed E-state index contributed by atoms with van der Waals surface area (Å²) in [6, 6.07) is 16.5. The van der Waals surface area contributed by atoms with Gasteiger partial charge in [-0.1, -0.05) is 30.3 Å². The van der Waals surface area contributed by atoms with Crippen molar-refractivity contribution in [2.24, 2.45) is 7.05 Å². The van der Waals surface area contributed by atoms with E-state index in [4.69, 9.17) is 4.74 Å². The van der Waals surface area contributed by atoms with Crippen LogP contribution >= 0.6 is 0 Å². The Hall–Kier alpha value is -3.61. The van der Waals surface area contributed by atoms with Crippen molar-refractivity contribution in [2.45, 2.75) is 38.0 Å². The van der Waals surface area contributed by atoms with Crippen LogP contribution in [0, 0.1) is 0 Å². The Bertz CT molecular complexity index is 1240. The zero-order valence-corrected chi connectivity index (χ0v) is 20.7. The topological polar surface area (TPSA) is 67.7 Å². The standard InChI is InChI=1S/C28H32N4O3/c1-20(33)31-15-12-28(13-16-31)19-32(27(34)24-11-14-30(2)29-24)25-17-22(26(35-3)18-23(25)28)10-9-21-7-5-4-6-8-21/h4-8,11,14,17-18H,9-10,12-13,15-16,19H2,1-3H3. The van der Waals surface area contributed by atoms with E-state index in [2.05, 4.69) is 41.5 Å². The van der Waals surface area contributed by atoms with Gasteiger partial charge in [0.2, 0.25) is 5.91 Å². The van der Waals surface area contributed by atoms with E-state index >= 15 is 0 Å². The van der Waals surface area contributed by atoms with Crippen LogP contribution < -0.4 is 9.64 Å². The maximum Gasteiger partial charge on any atom is 0.278 e. The molecular weight excluding hydrogens is 440 g/mol. The van der Waals surface area contributed by atoms with Gasteiger partial charge in [0.15, 0.2) is 5.69 Å². The van der Waals surface area contributed by atoms with Gasteiger partial charge in [-0.05, 0) is 60.6 Å². The van der Waals surface area contributed by atoms with Crippen LogP contribution in [0.5, 0.6) is 5.75 Å². The molecule has 0 atom stereocenters. The zero-order chi connectivity index (χ0) is 24.6. The van der Waals surface area contributed by atoms with E-state index in [0.717, 1.165) is 48.2 Å². The lowest BCUT2D eigenvalue weighted by Gasteiger charge is -2.39. The normalized spacial score (nSPS) is 16.4. The number of benzene rings is 2. The number of aromatic nitrogens is 2. The number of likely N-dealkylation sites (tertiary alicyclic amines) is 1. The van der Waals surface area contributed by atoms with Gasteiger partial charge in [0, 0.05) is 50.9 Å². The molecular formula is C28H32N4O3. The molecule has 7 heteroatoms. The highest BCUT2D eigenvalue weighted by Gasteiger charge is 2.47. The van der Waals surface area contributed by atoms with Crippen LogP contribution in [0.2, 0.25) is 0 Å². The molecule has 1 spiro atoms. The number of aryl methyl sites for hydroxylation is 3. The Balaban J connectivity index is 1.53. The number of methoxy groups -OCH3 is 1. The van der Waals surface area contributed by atoms with Gasteiger partial charge in [0.25, 0.3) is 5.91 Å². The van der Waals surface area contributed by atoms with Crippen molar-refractivity contribution in [2.75, 3.05) is 31.6 Å². The van der Waals surface area contributed by atoms with Crippen LogP contribution in [0.25, 0.3) is 0 Å². The molecule has 35 heavy (non-hydrogen) atoms. The van der Waals surface area contributed by atoms with Crippen LogP contribution in [-0.4, -0.2) is 53.2 Å². The number of nitrogens with zero attached hydrogens (tertiary/aromatic N) is 4. The van der Waals surface area contributed by atoms with Crippen LogP contribution in [0.15, 0.2) is 54.7 Å². The molecule has 1 fully saturated rings. The number of hydrogen-bond donors (Lipinski definition) is 0. The predicted octanol–water partition coefficient (Wildman–Crippen LogP) is 3.75. The Labute approximate surface area is 206 Å². The number of carbonyl (C=O) groups excluding carboxylic acids is 2. The summed E-state index contributed by atoms with van der Waals surface area (Å²) in [5.41, 5.74) is 4.69. The predicted molar refractivity (Wildman–Crippen MR) is 135 cm³/mol. The zero-order valence-electron chi connectivity index (χ0n) is 20.7. The lowest BCUT2D eigenvalue weighted by Crippen LogP contribution is -2.47. The fraction of sp³-hybridized carbons (Fsp3) is 0.393. The minimum atomic E-state index is -0.197. The molecule has 182 valence electrons. The van der Waals surface area contributed by atoms with Gasteiger partial charge in [0.1, 0.15) is 5.75 Å². The first kappa shape index (κ1) is 23.1. The molecule has 3 aromatic rings. The number of fused-ring (bicyclic) bond motifs is 2. The monoisotopic (exact) mass is 472 g/mol. The fourth-order valence-corrected chi connectivity index (χ4v) is 5.57. The summed E-state index contributed by atoms with van der Waals surface area (Å²) in [5.74, 6) is 0.880. The van der Waals surface area contributed by atoms with Crippen molar-refractivity contribution >= 4 is 17.5 Å². The number of ether oxygens (including phenoxy) is 1. The number of piperidine rings is 1. The molecule has 1 saturated heterocycles. The highest BCUT2D eigenvalue weighted by atomic mass is 16.5. The van der Waals surface area contributed by atoms with E-state index in [9.17, 15) is 9.59 Å². The van der Waals surface area contributed by atoms with Gasteiger partial charge in [-0.2, -0.15) is 5.10 Å². The molecule has 2 amide bonds. The molecule has 2 aliphatic rings. The summed E-state index contributed by atoms with van der Waals surface area (Å²) >= 11 is 0. The van der Waals surface area contributed by atoms with Gasteiger partial charge in [-0.25, -0.2) is 0 Å². The van der Waals surface area contributed by atoms with E-state index in [0.29, 0.717) is 25.3 Å². The number of hydrogen-bond acceptors (Lipinski definition) is 4. The highest BCUT2D eigenvalue weighted by Crippen LogP contribution is 2.49. The van der Waals surface area contributed by atoms with Gasteiger partial charge >= 0.3 is 0 Å². The second kappa shape index (κ2) is 9.21.